The van der Waals surface area contributed by atoms with Crippen molar-refractivity contribution in [1.82, 2.24) is 14.8 Å². The monoisotopic (exact) mass is 409 g/mol. The highest BCUT2D eigenvalue weighted by Crippen LogP contribution is 2.30. The lowest BCUT2D eigenvalue weighted by atomic mass is 9.95. The van der Waals surface area contributed by atoms with E-state index in [4.69, 9.17) is 4.74 Å². The van der Waals surface area contributed by atoms with Gasteiger partial charge in [-0.1, -0.05) is 29.8 Å². The zero-order valence-electron chi connectivity index (χ0n) is 18.5. The van der Waals surface area contributed by atoms with Gasteiger partial charge >= 0.3 is 0 Å². The number of benzene rings is 1. The van der Waals surface area contributed by atoms with Gasteiger partial charge < -0.3 is 14.6 Å². The number of nitrogens with zero attached hydrogens (tertiary/aromatic N) is 2. The molecular weight excluding hydrogens is 374 g/mol. The van der Waals surface area contributed by atoms with E-state index in [9.17, 15) is 4.79 Å². The summed E-state index contributed by atoms with van der Waals surface area (Å²) in [6.07, 6.45) is 5.59. The van der Waals surface area contributed by atoms with Crippen molar-refractivity contribution in [2.24, 2.45) is 0 Å². The van der Waals surface area contributed by atoms with E-state index in [2.05, 4.69) is 52.9 Å². The number of aromatic nitrogens is 1. The van der Waals surface area contributed by atoms with Crippen molar-refractivity contribution in [2.45, 2.75) is 52.5 Å². The maximum absolute atomic E-state index is 13.2. The molecule has 1 aromatic carbocycles. The Hall–Kier alpha value is -2.11. The normalized spacial score (nSPS) is 17.0. The number of aryl methyl sites for hydroxylation is 1. The summed E-state index contributed by atoms with van der Waals surface area (Å²) in [5, 5.41) is 3.21. The standard InChI is InChI=1S/C25H35N3O2/c1-19-7-5-8-21(17-19)18-28-23-10-4-3-9-22(23)20(2)24(28)25(29)26-11-6-12-27-13-15-30-16-14-27/h5,7-8,17H,3-4,6,9-16,18H2,1-2H3,(H,26,29). The maximum atomic E-state index is 13.2. The summed E-state index contributed by atoms with van der Waals surface area (Å²) >= 11 is 0. The Morgan fingerprint density at radius 1 is 1.13 bits per heavy atom. The van der Waals surface area contributed by atoms with Crippen molar-refractivity contribution in [1.29, 1.82) is 0 Å². The lowest BCUT2D eigenvalue weighted by Crippen LogP contribution is -2.38. The minimum Gasteiger partial charge on any atom is -0.379 e. The first-order valence-corrected chi connectivity index (χ1v) is 11.5. The predicted molar refractivity (Wildman–Crippen MR) is 120 cm³/mol. The number of ether oxygens (including phenoxy) is 1. The Morgan fingerprint density at radius 2 is 1.93 bits per heavy atom. The van der Waals surface area contributed by atoms with Crippen LogP contribution in [0.25, 0.3) is 0 Å². The second kappa shape index (κ2) is 9.80. The molecule has 1 aromatic heterocycles. The molecule has 1 fully saturated rings. The summed E-state index contributed by atoms with van der Waals surface area (Å²) < 4.78 is 7.71. The number of hydrogen-bond acceptors (Lipinski definition) is 3. The topological polar surface area (TPSA) is 46.5 Å². The van der Waals surface area contributed by atoms with E-state index in [-0.39, 0.29) is 5.91 Å². The highest BCUT2D eigenvalue weighted by Gasteiger charge is 2.26. The van der Waals surface area contributed by atoms with Gasteiger partial charge in [0.1, 0.15) is 5.69 Å². The summed E-state index contributed by atoms with van der Waals surface area (Å²) in [5.74, 6) is 0.0801. The molecule has 0 atom stereocenters. The molecule has 0 radical (unpaired) electrons. The first-order valence-electron chi connectivity index (χ1n) is 11.5. The van der Waals surface area contributed by atoms with E-state index in [0.29, 0.717) is 0 Å². The lowest BCUT2D eigenvalue weighted by Gasteiger charge is -2.26. The molecule has 1 aliphatic carbocycles. The molecule has 2 aromatic rings. The molecular formula is C25H35N3O2. The van der Waals surface area contributed by atoms with Gasteiger partial charge in [-0.15, -0.1) is 0 Å². The highest BCUT2D eigenvalue weighted by molar-refractivity contribution is 5.95. The minimum absolute atomic E-state index is 0.0801. The Kier molecular flexibility index (Phi) is 6.90. The SMILES string of the molecule is Cc1cccc(Cn2c3c(c(C)c2C(=O)NCCCN2CCOCC2)CCCC3)c1. The second-order valence-corrected chi connectivity index (χ2v) is 8.74. The molecule has 30 heavy (non-hydrogen) atoms. The second-order valence-electron chi connectivity index (χ2n) is 8.74. The van der Waals surface area contributed by atoms with Crippen LogP contribution in [0.4, 0.5) is 0 Å². The Balaban J connectivity index is 1.48. The van der Waals surface area contributed by atoms with Crippen molar-refractivity contribution in [3.05, 3.63) is 57.9 Å². The van der Waals surface area contributed by atoms with Crippen LogP contribution < -0.4 is 5.32 Å². The first-order chi connectivity index (χ1) is 14.6. The third-order valence-corrected chi connectivity index (χ3v) is 6.52. The fourth-order valence-corrected chi connectivity index (χ4v) is 4.95. The number of morpholine rings is 1. The number of nitrogens with one attached hydrogen (secondary N) is 1. The van der Waals surface area contributed by atoms with Crippen molar-refractivity contribution < 1.29 is 9.53 Å². The number of amides is 1. The molecule has 5 heteroatoms. The van der Waals surface area contributed by atoms with Crippen molar-refractivity contribution >= 4 is 5.91 Å². The molecule has 1 amide bonds. The lowest BCUT2D eigenvalue weighted by molar-refractivity contribution is 0.0374. The van der Waals surface area contributed by atoms with Crippen molar-refractivity contribution in [2.75, 3.05) is 39.4 Å². The van der Waals surface area contributed by atoms with Gasteiger partial charge in [-0.3, -0.25) is 9.69 Å². The molecule has 162 valence electrons. The van der Waals surface area contributed by atoms with Crippen LogP contribution in [-0.4, -0.2) is 54.8 Å². The number of carbonyl (C=O) groups excluding carboxylic acids is 1. The number of hydrogen-bond donors (Lipinski definition) is 1. The van der Waals surface area contributed by atoms with Gasteiger partial charge in [0.15, 0.2) is 0 Å². The summed E-state index contributed by atoms with van der Waals surface area (Å²) in [4.78, 5) is 15.7. The molecule has 4 rings (SSSR count). The summed E-state index contributed by atoms with van der Waals surface area (Å²) in [6.45, 7) is 10.4. The van der Waals surface area contributed by atoms with Crippen LogP contribution in [0.3, 0.4) is 0 Å². The van der Waals surface area contributed by atoms with E-state index >= 15 is 0 Å². The van der Waals surface area contributed by atoms with Gasteiger partial charge in [0.25, 0.3) is 5.91 Å². The zero-order chi connectivity index (χ0) is 20.9. The Labute approximate surface area is 180 Å². The third kappa shape index (κ3) is 4.79. The molecule has 2 aliphatic rings. The van der Waals surface area contributed by atoms with E-state index in [0.717, 1.165) is 70.9 Å². The van der Waals surface area contributed by atoms with Gasteiger partial charge in [0.05, 0.1) is 13.2 Å². The minimum atomic E-state index is 0.0801. The molecule has 1 N–H and O–H groups in total. The van der Waals surface area contributed by atoms with Crippen molar-refractivity contribution in [3.8, 4) is 0 Å². The van der Waals surface area contributed by atoms with E-state index in [1.54, 1.807) is 0 Å². The Morgan fingerprint density at radius 3 is 2.73 bits per heavy atom. The molecule has 5 nitrogen and oxygen atoms in total. The fraction of sp³-hybridized carbons (Fsp3) is 0.560. The van der Waals surface area contributed by atoms with E-state index in [1.807, 2.05) is 0 Å². The quantitative estimate of drug-likeness (QED) is 0.712. The summed E-state index contributed by atoms with van der Waals surface area (Å²) in [6, 6.07) is 8.64. The molecule has 0 unspecified atom stereocenters. The number of rotatable bonds is 7. The summed E-state index contributed by atoms with van der Waals surface area (Å²) in [7, 11) is 0. The maximum Gasteiger partial charge on any atom is 0.268 e. The predicted octanol–water partition coefficient (Wildman–Crippen LogP) is 3.48. The highest BCUT2D eigenvalue weighted by atomic mass is 16.5. The van der Waals surface area contributed by atoms with Crippen LogP contribution in [0.2, 0.25) is 0 Å². The van der Waals surface area contributed by atoms with Gasteiger partial charge in [-0.25, -0.2) is 0 Å². The molecule has 1 aliphatic heterocycles. The van der Waals surface area contributed by atoms with Crippen LogP contribution in [-0.2, 0) is 24.1 Å². The first kappa shape index (κ1) is 21.1. The molecule has 1 saturated heterocycles. The summed E-state index contributed by atoms with van der Waals surface area (Å²) in [5.41, 5.74) is 7.36. The van der Waals surface area contributed by atoms with E-state index < -0.39 is 0 Å². The Bertz CT molecular complexity index is 881. The van der Waals surface area contributed by atoms with Crippen molar-refractivity contribution in [3.63, 3.8) is 0 Å². The van der Waals surface area contributed by atoms with Gasteiger partial charge in [0, 0.05) is 31.9 Å². The molecule has 0 saturated carbocycles. The number of fused-ring (bicyclic) bond motifs is 1. The van der Waals surface area contributed by atoms with Crippen LogP contribution in [0, 0.1) is 13.8 Å². The molecule has 0 spiro atoms. The zero-order valence-corrected chi connectivity index (χ0v) is 18.5. The average Bonchev–Trinajstić information content (AvgIpc) is 3.04. The van der Waals surface area contributed by atoms with E-state index in [1.165, 1.54) is 40.8 Å². The van der Waals surface area contributed by atoms with Gasteiger partial charge in [0.2, 0.25) is 0 Å². The van der Waals surface area contributed by atoms with Gasteiger partial charge in [-0.05, 0) is 69.2 Å². The third-order valence-electron chi connectivity index (χ3n) is 6.52. The van der Waals surface area contributed by atoms with Crippen LogP contribution in [0.5, 0.6) is 0 Å². The van der Waals surface area contributed by atoms with Crippen LogP contribution in [0.1, 0.15) is 57.7 Å². The largest absolute Gasteiger partial charge is 0.379 e. The van der Waals surface area contributed by atoms with Crippen LogP contribution >= 0.6 is 0 Å². The van der Waals surface area contributed by atoms with Gasteiger partial charge in [-0.2, -0.15) is 0 Å². The molecule has 0 bridgehead atoms. The fourth-order valence-electron chi connectivity index (χ4n) is 4.95. The smallest absolute Gasteiger partial charge is 0.268 e. The van der Waals surface area contributed by atoms with Crippen LogP contribution in [0.15, 0.2) is 24.3 Å². The average molecular weight is 410 g/mol. The molecule has 2 heterocycles. The number of carbonyl (C=O) groups is 1.